The monoisotopic (exact) mass is 715 g/mol. The van der Waals surface area contributed by atoms with Gasteiger partial charge in [-0.1, -0.05) is 140 Å². The minimum Gasteiger partial charge on any atom is -0.370 e. The Kier molecular flexibility index (Phi) is 37.9. The van der Waals surface area contributed by atoms with Gasteiger partial charge in [0.25, 0.3) is 0 Å². The normalized spacial score (nSPS) is 12.6. The van der Waals surface area contributed by atoms with Gasteiger partial charge in [0.05, 0.1) is 6.61 Å². The van der Waals surface area contributed by atoms with E-state index in [4.69, 9.17) is 20.6 Å². The van der Waals surface area contributed by atoms with E-state index in [0.717, 1.165) is 51.6 Å². The maximum absolute atomic E-state index is 7.37. The van der Waals surface area contributed by atoms with Gasteiger partial charge in [-0.25, -0.2) is 0 Å². The van der Waals surface area contributed by atoms with Gasteiger partial charge in [0.15, 0.2) is 11.7 Å². The second-order valence-electron chi connectivity index (χ2n) is 14.5. The lowest BCUT2D eigenvalue weighted by Gasteiger charge is -2.35. The number of ether oxygens (including phenoxy) is 2. The lowest BCUT2D eigenvalue weighted by molar-refractivity contribution is -0.245. The molecule has 0 rings (SSSR count). The molecule has 0 aliphatic carbocycles. The van der Waals surface area contributed by atoms with Gasteiger partial charge in [-0.3, -0.25) is 5.41 Å². The van der Waals surface area contributed by atoms with E-state index in [1.54, 1.807) is 0 Å². The Morgan fingerprint density at radius 3 is 1.39 bits per heavy atom. The van der Waals surface area contributed by atoms with E-state index in [1.165, 1.54) is 128 Å². The Balaban J connectivity index is 4.47. The Hall–Kier alpha value is -1.89. The van der Waals surface area contributed by atoms with E-state index >= 15 is 0 Å². The van der Waals surface area contributed by atoms with Gasteiger partial charge >= 0.3 is 0 Å². The van der Waals surface area contributed by atoms with Crippen molar-refractivity contribution in [3.8, 4) is 0 Å². The summed E-state index contributed by atoms with van der Waals surface area (Å²) in [6.07, 6.45) is 51.0. The summed E-state index contributed by atoms with van der Waals surface area (Å²) in [6.45, 7) is 10.3. The van der Waals surface area contributed by atoms with Gasteiger partial charge in [0.1, 0.15) is 0 Å². The smallest absolute Gasteiger partial charge is 0.185 e. The molecular formula is C45H86N4O2. The third-order valence-electron chi connectivity index (χ3n) is 9.57. The summed E-state index contributed by atoms with van der Waals surface area (Å²) in [4.78, 5) is 2.23. The van der Waals surface area contributed by atoms with Crippen LogP contribution in [0.5, 0.6) is 0 Å². The van der Waals surface area contributed by atoms with Crippen LogP contribution in [0, 0.1) is 5.41 Å². The lowest BCUT2D eigenvalue weighted by Crippen LogP contribution is -2.40. The van der Waals surface area contributed by atoms with Gasteiger partial charge < -0.3 is 25.4 Å². The Labute approximate surface area is 318 Å². The van der Waals surface area contributed by atoms with Crippen LogP contribution in [0.15, 0.2) is 48.6 Å². The molecule has 0 spiro atoms. The molecule has 51 heavy (non-hydrogen) atoms. The standard InChI is InChI=1S/C45H86N4O2/c1-5-8-10-12-14-16-18-20-22-24-26-28-30-32-34-36-38-45(50-7-3,51-43-42-49(4)41-40-48-44(46)47)39-37-35-33-31-29-27-25-23-21-19-17-15-13-11-9-6-2/h14-17,20-23H,5-13,18-19,24-43H2,1-4H3,(H4,46,47,48)/b16-14-,17-15-,22-20-,23-21-. The highest BCUT2D eigenvalue weighted by Gasteiger charge is 2.30. The highest BCUT2D eigenvalue weighted by atomic mass is 16.7. The molecule has 0 unspecified atom stereocenters. The number of hydrogen-bond donors (Lipinski definition) is 3. The fourth-order valence-electron chi connectivity index (χ4n) is 6.36. The minimum absolute atomic E-state index is 0.0246. The van der Waals surface area contributed by atoms with Crippen LogP contribution in [-0.4, -0.2) is 56.5 Å². The maximum atomic E-state index is 7.37. The van der Waals surface area contributed by atoms with Gasteiger partial charge in [0, 0.05) is 39.1 Å². The van der Waals surface area contributed by atoms with Crippen LogP contribution >= 0.6 is 0 Å². The molecule has 0 amide bonds. The van der Waals surface area contributed by atoms with Crippen molar-refractivity contribution in [1.29, 1.82) is 5.41 Å². The summed E-state index contributed by atoms with van der Waals surface area (Å²) in [6, 6.07) is 0. The van der Waals surface area contributed by atoms with Crippen molar-refractivity contribution < 1.29 is 9.47 Å². The number of nitrogens with zero attached hydrogens (tertiary/aromatic N) is 1. The van der Waals surface area contributed by atoms with Gasteiger partial charge in [-0.15, -0.1) is 0 Å². The number of rotatable bonds is 39. The number of allylic oxidation sites excluding steroid dienone is 8. The van der Waals surface area contributed by atoms with E-state index in [0.29, 0.717) is 19.8 Å². The number of guanidine groups is 1. The molecule has 0 saturated heterocycles. The maximum Gasteiger partial charge on any atom is 0.185 e. The topological polar surface area (TPSA) is 83.6 Å². The Bertz CT molecular complexity index is 805. The summed E-state index contributed by atoms with van der Waals surface area (Å²) in [5, 5.41) is 10.3. The molecule has 0 atom stereocenters. The third kappa shape index (κ3) is 36.3. The van der Waals surface area contributed by atoms with Gasteiger partial charge in [-0.05, 0) is 91.0 Å². The number of hydrogen-bond acceptors (Lipinski definition) is 4. The quantitative estimate of drug-likeness (QED) is 0.0194. The van der Waals surface area contributed by atoms with E-state index in [-0.39, 0.29) is 5.96 Å². The molecule has 6 nitrogen and oxygen atoms in total. The van der Waals surface area contributed by atoms with Crippen LogP contribution in [0.2, 0.25) is 0 Å². The lowest BCUT2D eigenvalue weighted by atomic mass is 9.98. The molecule has 0 bridgehead atoms. The molecule has 0 aromatic carbocycles. The summed E-state index contributed by atoms with van der Waals surface area (Å²) in [5.74, 6) is -0.450. The highest BCUT2D eigenvalue weighted by molar-refractivity contribution is 5.74. The molecule has 0 aromatic rings. The molecule has 0 aliphatic rings. The average molecular weight is 715 g/mol. The van der Waals surface area contributed by atoms with Crippen molar-refractivity contribution >= 4 is 5.96 Å². The average Bonchev–Trinajstić information content (AvgIpc) is 3.11. The van der Waals surface area contributed by atoms with E-state index in [2.05, 4.69) is 86.6 Å². The first-order chi connectivity index (χ1) is 25.0. The van der Waals surface area contributed by atoms with Crippen LogP contribution < -0.4 is 11.1 Å². The van der Waals surface area contributed by atoms with Gasteiger partial charge in [-0.2, -0.15) is 0 Å². The minimum atomic E-state index is -0.474. The van der Waals surface area contributed by atoms with Crippen molar-refractivity contribution in [2.45, 2.75) is 193 Å². The molecule has 0 saturated carbocycles. The molecule has 0 aliphatic heterocycles. The van der Waals surface area contributed by atoms with E-state index in [9.17, 15) is 0 Å². The van der Waals surface area contributed by atoms with Crippen LogP contribution in [-0.2, 0) is 9.47 Å². The Morgan fingerprint density at radius 2 is 0.980 bits per heavy atom. The van der Waals surface area contributed by atoms with Gasteiger partial charge in [0.2, 0.25) is 0 Å². The van der Waals surface area contributed by atoms with Crippen molar-refractivity contribution in [1.82, 2.24) is 10.2 Å². The first kappa shape index (κ1) is 49.1. The van der Waals surface area contributed by atoms with Crippen molar-refractivity contribution in [2.75, 3.05) is 39.9 Å². The zero-order chi connectivity index (χ0) is 37.4. The second kappa shape index (κ2) is 39.3. The molecule has 0 fully saturated rings. The number of likely N-dealkylation sites (N-methyl/N-ethyl adjacent to an activating group) is 1. The van der Waals surface area contributed by atoms with Crippen molar-refractivity contribution in [2.24, 2.45) is 5.73 Å². The third-order valence-corrected chi connectivity index (χ3v) is 9.57. The summed E-state index contributed by atoms with van der Waals surface area (Å²) in [5.41, 5.74) is 5.44. The second-order valence-corrected chi connectivity index (χ2v) is 14.5. The summed E-state index contributed by atoms with van der Waals surface area (Å²) < 4.78 is 13.1. The molecule has 0 heterocycles. The van der Waals surface area contributed by atoms with Crippen molar-refractivity contribution in [3.63, 3.8) is 0 Å². The van der Waals surface area contributed by atoms with Crippen LogP contribution in [0.4, 0.5) is 0 Å². The fourth-order valence-corrected chi connectivity index (χ4v) is 6.36. The SMILES string of the molecule is CCCCC/C=C\C/C=C\CCCCCCCCC(CCCCCCCC/C=C\C/C=C\CCCCC)(OCC)OCCN(C)CCNC(=N)N. The highest BCUT2D eigenvalue weighted by Crippen LogP contribution is 2.29. The molecule has 0 radical (unpaired) electrons. The predicted molar refractivity (Wildman–Crippen MR) is 226 cm³/mol. The summed E-state index contributed by atoms with van der Waals surface area (Å²) in [7, 11) is 2.10. The number of nitrogens with one attached hydrogen (secondary N) is 2. The molecule has 6 heteroatoms. The van der Waals surface area contributed by atoms with E-state index in [1.807, 2.05) is 0 Å². The molecule has 298 valence electrons. The van der Waals surface area contributed by atoms with Crippen LogP contribution in [0.25, 0.3) is 0 Å². The largest absolute Gasteiger partial charge is 0.370 e. The zero-order valence-corrected chi connectivity index (χ0v) is 34.4. The molecule has 0 aromatic heterocycles. The first-order valence-corrected chi connectivity index (χ1v) is 21.6. The number of nitrogens with two attached hydrogens (primary N) is 1. The fraction of sp³-hybridized carbons (Fsp3) is 0.800. The molecule has 4 N–H and O–H groups in total. The summed E-state index contributed by atoms with van der Waals surface area (Å²) >= 11 is 0. The number of unbranched alkanes of at least 4 members (excludes halogenated alkanes) is 18. The van der Waals surface area contributed by atoms with E-state index < -0.39 is 5.79 Å². The molecular weight excluding hydrogens is 629 g/mol. The van der Waals surface area contributed by atoms with Crippen LogP contribution in [0.1, 0.15) is 188 Å². The first-order valence-electron chi connectivity index (χ1n) is 21.6. The zero-order valence-electron chi connectivity index (χ0n) is 34.4. The predicted octanol–water partition coefficient (Wildman–Crippen LogP) is 12.6. The Morgan fingerprint density at radius 1 is 0.569 bits per heavy atom. The van der Waals surface area contributed by atoms with Crippen LogP contribution in [0.3, 0.4) is 0 Å². The van der Waals surface area contributed by atoms with Crippen molar-refractivity contribution in [3.05, 3.63) is 48.6 Å².